The van der Waals surface area contributed by atoms with Crippen LogP contribution in [0, 0.1) is 13.8 Å². The third kappa shape index (κ3) is 4.62. The Morgan fingerprint density at radius 3 is 2.46 bits per heavy atom. The number of hydrogen-bond acceptors (Lipinski definition) is 4. The van der Waals surface area contributed by atoms with Crippen molar-refractivity contribution in [1.29, 1.82) is 0 Å². The predicted molar refractivity (Wildman–Crippen MR) is 116 cm³/mol. The number of anilines is 1. The summed E-state index contributed by atoms with van der Waals surface area (Å²) < 4.78 is 0. The van der Waals surface area contributed by atoms with Crippen LogP contribution >= 0.6 is 11.8 Å². The summed E-state index contributed by atoms with van der Waals surface area (Å²) in [6, 6.07) is 14.2. The monoisotopic (exact) mass is 394 g/mol. The van der Waals surface area contributed by atoms with Gasteiger partial charge in [0.25, 0.3) is 0 Å². The lowest BCUT2D eigenvalue weighted by molar-refractivity contribution is -0.115. The maximum atomic E-state index is 12.8. The van der Waals surface area contributed by atoms with Crippen molar-refractivity contribution in [3.63, 3.8) is 0 Å². The number of carbonyl (C=O) groups excluding carboxylic acids is 1. The SMILES string of the molecule is Cc1ccc(-c2nc(S[C@H](C)C(=O)Nc3c(C)cccc3C(C)C)n[nH]2)cc1. The first-order valence-electron chi connectivity index (χ1n) is 9.41. The fourth-order valence-corrected chi connectivity index (χ4v) is 3.64. The minimum atomic E-state index is -0.318. The highest BCUT2D eigenvalue weighted by molar-refractivity contribution is 8.00. The van der Waals surface area contributed by atoms with E-state index in [1.165, 1.54) is 17.3 Å². The molecule has 0 saturated heterocycles. The third-order valence-electron chi connectivity index (χ3n) is 4.62. The van der Waals surface area contributed by atoms with Gasteiger partial charge in [0.2, 0.25) is 11.1 Å². The number of thioether (sulfide) groups is 1. The molecule has 6 heteroatoms. The molecule has 0 aliphatic rings. The van der Waals surface area contributed by atoms with Gasteiger partial charge in [-0.2, -0.15) is 0 Å². The molecule has 146 valence electrons. The minimum absolute atomic E-state index is 0.0529. The standard InChI is InChI=1S/C22H26N4OS/c1-13(2)18-8-6-7-15(4)19(18)23-21(27)16(5)28-22-24-20(25-26-22)17-11-9-14(3)10-12-17/h6-13,16H,1-5H3,(H,23,27)(H,24,25,26)/t16-/m1/s1. The van der Waals surface area contributed by atoms with Crippen LogP contribution in [-0.4, -0.2) is 26.3 Å². The number of rotatable bonds is 6. The van der Waals surface area contributed by atoms with Gasteiger partial charge in [-0.25, -0.2) is 4.98 Å². The lowest BCUT2D eigenvalue weighted by atomic mass is 9.98. The Kier molecular flexibility index (Phi) is 6.19. The van der Waals surface area contributed by atoms with Crippen molar-refractivity contribution >= 4 is 23.4 Å². The average molecular weight is 395 g/mol. The first-order chi connectivity index (χ1) is 13.3. The van der Waals surface area contributed by atoms with E-state index in [4.69, 9.17) is 0 Å². The van der Waals surface area contributed by atoms with E-state index in [1.807, 2.05) is 57.2 Å². The second kappa shape index (κ2) is 8.61. The topological polar surface area (TPSA) is 70.7 Å². The summed E-state index contributed by atoms with van der Waals surface area (Å²) in [5.41, 5.74) is 5.29. The summed E-state index contributed by atoms with van der Waals surface area (Å²) in [5, 5.41) is 10.6. The molecular formula is C22H26N4OS. The second-order valence-corrected chi connectivity index (χ2v) is 8.58. The van der Waals surface area contributed by atoms with Crippen LogP contribution in [0.5, 0.6) is 0 Å². The van der Waals surface area contributed by atoms with Crippen molar-refractivity contribution < 1.29 is 4.79 Å². The van der Waals surface area contributed by atoms with Gasteiger partial charge < -0.3 is 5.32 Å². The Morgan fingerprint density at radius 2 is 1.79 bits per heavy atom. The molecule has 0 aliphatic carbocycles. The Bertz CT molecular complexity index is 963. The number of aromatic amines is 1. The Hall–Kier alpha value is -2.60. The molecule has 0 radical (unpaired) electrons. The molecule has 0 bridgehead atoms. The van der Waals surface area contributed by atoms with Gasteiger partial charge in [-0.3, -0.25) is 9.89 Å². The molecule has 3 rings (SSSR count). The maximum absolute atomic E-state index is 12.8. The predicted octanol–water partition coefficient (Wildman–Crippen LogP) is 5.33. The van der Waals surface area contributed by atoms with Gasteiger partial charge in [0.15, 0.2) is 5.82 Å². The van der Waals surface area contributed by atoms with Crippen LogP contribution in [0.2, 0.25) is 0 Å². The number of H-pyrrole nitrogens is 1. The highest BCUT2D eigenvalue weighted by atomic mass is 32.2. The molecule has 3 aromatic rings. The first kappa shape index (κ1) is 20.1. The summed E-state index contributed by atoms with van der Waals surface area (Å²) in [6.45, 7) is 10.2. The number of amides is 1. The van der Waals surface area contributed by atoms with Crippen LogP contribution in [-0.2, 0) is 4.79 Å². The number of aromatic nitrogens is 3. The van der Waals surface area contributed by atoms with Crippen molar-refractivity contribution in [2.24, 2.45) is 0 Å². The van der Waals surface area contributed by atoms with E-state index in [1.54, 1.807) is 0 Å². The molecule has 1 amide bonds. The zero-order valence-corrected chi connectivity index (χ0v) is 17.7. The van der Waals surface area contributed by atoms with Gasteiger partial charge in [0.1, 0.15) is 0 Å². The number of para-hydroxylation sites is 1. The maximum Gasteiger partial charge on any atom is 0.237 e. The number of hydrogen-bond donors (Lipinski definition) is 2. The van der Waals surface area contributed by atoms with Gasteiger partial charge in [-0.15, -0.1) is 5.10 Å². The van der Waals surface area contributed by atoms with E-state index < -0.39 is 0 Å². The molecule has 0 saturated carbocycles. The van der Waals surface area contributed by atoms with Crippen LogP contribution in [0.15, 0.2) is 47.6 Å². The fraction of sp³-hybridized carbons (Fsp3) is 0.318. The summed E-state index contributed by atoms with van der Waals surface area (Å²) >= 11 is 1.34. The van der Waals surface area contributed by atoms with Crippen molar-refractivity contribution in [2.75, 3.05) is 5.32 Å². The highest BCUT2D eigenvalue weighted by Gasteiger charge is 2.20. The number of nitrogens with one attached hydrogen (secondary N) is 2. The molecule has 1 heterocycles. The van der Waals surface area contributed by atoms with Crippen LogP contribution in [0.4, 0.5) is 5.69 Å². The Balaban J connectivity index is 1.69. The van der Waals surface area contributed by atoms with Gasteiger partial charge in [-0.1, -0.05) is 73.6 Å². The second-order valence-electron chi connectivity index (χ2n) is 7.28. The smallest absolute Gasteiger partial charge is 0.237 e. The van der Waals surface area contributed by atoms with Gasteiger partial charge in [-0.05, 0) is 37.8 Å². The van der Waals surface area contributed by atoms with Crippen molar-refractivity contribution in [3.05, 3.63) is 59.2 Å². The molecule has 28 heavy (non-hydrogen) atoms. The van der Waals surface area contributed by atoms with E-state index >= 15 is 0 Å². The molecule has 1 aromatic heterocycles. The third-order valence-corrected chi connectivity index (χ3v) is 5.58. The van der Waals surface area contributed by atoms with Crippen LogP contribution < -0.4 is 5.32 Å². The van der Waals surface area contributed by atoms with E-state index in [2.05, 4.69) is 40.4 Å². The molecule has 0 fully saturated rings. The minimum Gasteiger partial charge on any atom is -0.325 e. The van der Waals surface area contributed by atoms with Crippen molar-refractivity contribution in [3.8, 4) is 11.4 Å². The van der Waals surface area contributed by atoms with Crippen LogP contribution in [0.3, 0.4) is 0 Å². The summed E-state index contributed by atoms with van der Waals surface area (Å²) in [5.74, 6) is 0.988. The van der Waals surface area contributed by atoms with Crippen LogP contribution in [0.25, 0.3) is 11.4 Å². The average Bonchev–Trinajstić information content (AvgIpc) is 3.12. The van der Waals surface area contributed by atoms with E-state index in [9.17, 15) is 4.79 Å². The lowest BCUT2D eigenvalue weighted by Gasteiger charge is -2.18. The normalized spacial score (nSPS) is 12.2. The van der Waals surface area contributed by atoms with Gasteiger partial charge >= 0.3 is 0 Å². The summed E-state index contributed by atoms with van der Waals surface area (Å²) in [6.07, 6.45) is 0. The molecule has 0 spiro atoms. The zero-order chi connectivity index (χ0) is 20.3. The quantitative estimate of drug-likeness (QED) is 0.554. The molecule has 5 nitrogen and oxygen atoms in total. The molecule has 2 aromatic carbocycles. The molecule has 2 N–H and O–H groups in total. The highest BCUT2D eigenvalue weighted by Crippen LogP contribution is 2.29. The fourth-order valence-electron chi connectivity index (χ4n) is 2.92. The first-order valence-corrected chi connectivity index (χ1v) is 10.3. The largest absolute Gasteiger partial charge is 0.325 e. The van der Waals surface area contributed by atoms with E-state index in [0.29, 0.717) is 16.9 Å². The molecule has 0 unspecified atom stereocenters. The zero-order valence-electron chi connectivity index (χ0n) is 16.9. The molecule has 1 atom stereocenters. The number of carbonyl (C=O) groups is 1. The van der Waals surface area contributed by atoms with E-state index in [-0.39, 0.29) is 11.2 Å². The number of nitrogens with zero attached hydrogens (tertiary/aromatic N) is 2. The van der Waals surface area contributed by atoms with Gasteiger partial charge in [0.05, 0.1) is 5.25 Å². The summed E-state index contributed by atoms with van der Waals surface area (Å²) in [7, 11) is 0. The summed E-state index contributed by atoms with van der Waals surface area (Å²) in [4.78, 5) is 17.3. The van der Waals surface area contributed by atoms with Crippen molar-refractivity contribution in [1.82, 2.24) is 15.2 Å². The van der Waals surface area contributed by atoms with Crippen molar-refractivity contribution in [2.45, 2.75) is 50.9 Å². The Labute approximate surface area is 170 Å². The van der Waals surface area contributed by atoms with Crippen LogP contribution in [0.1, 0.15) is 43.4 Å². The molecule has 0 aliphatic heterocycles. The molecular weight excluding hydrogens is 368 g/mol. The van der Waals surface area contributed by atoms with Gasteiger partial charge in [0, 0.05) is 11.3 Å². The number of benzene rings is 2. The Morgan fingerprint density at radius 1 is 1.07 bits per heavy atom. The number of aryl methyl sites for hydroxylation is 2. The van der Waals surface area contributed by atoms with E-state index in [0.717, 1.165) is 22.4 Å². The lowest BCUT2D eigenvalue weighted by Crippen LogP contribution is -2.24.